The van der Waals surface area contributed by atoms with Crippen LogP contribution in [0.1, 0.15) is 39.9 Å². The maximum Gasteiger partial charge on any atom is 0.158 e. The second-order valence-corrected chi connectivity index (χ2v) is 5.47. The van der Waals surface area contributed by atoms with Crippen LogP contribution in [0.4, 0.5) is 11.6 Å². The first-order valence-corrected chi connectivity index (χ1v) is 6.36. The van der Waals surface area contributed by atoms with E-state index in [0.29, 0.717) is 30.3 Å². The van der Waals surface area contributed by atoms with Crippen LogP contribution >= 0.6 is 0 Å². The number of nitrogens with zero attached hydrogens (tertiary/aromatic N) is 2. The van der Waals surface area contributed by atoms with Crippen molar-refractivity contribution in [3.63, 3.8) is 0 Å². The van der Waals surface area contributed by atoms with E-state index >= 15 is 0 Å². The van der Waals surface area contributed by atoms with Gasteiger partial charge in [-0.3, -0.25) is 0 Å². The van der Waals surface area contributed by atoms with Crippen molar-refractivity contribution in [3.8, 4) is 0 Å². The number of rotatable bonds is 6. The molecule has 0 aliphatic heterocycles. The number of ether oxygens (including phenoxy) is 1. The minimum Gasteiger partial charge on any atom is -0.384 e. The van der Waals surface area contributed by atoms with Crippen molar-refractivity contribution >= 4 is 11.6 Å². The van der Waals surface area contributed by atoms with E-state index in [1.807, 2.05) is 6.92 Å². The van der Waals surface area contributed by atoms with Crippen LogP contribution in [0.25, 0.3) is 0 Å². The molecule has 1 heterocycles. The van der Waals surface area contributed by atoms with E-state index in [0.717, 1.165) is 18.8 Å². The van der Waals surface area contributed by atoms with Gasteiger partial charge in [0.05, 0.1) is 0 Å². The predicted octanol–water partition coefficient (Wildman–Crippen LogP) is 2.44. The molecular formula is C13H24N4O. The van der Waals surface area contributed by atoms with Gasteiger partial charge in [0.25, 0.3) is 0 Å². The van der Waals surface area contributed by atoms with Crippen molar-refractivity contribution in [3.05, 3.63) is 11.9 Å². The first-order chi connectivity index (χ1) is 8.40. The summed E-state index contributed by atoms with van der Waals surface area (Å²) in [4.78, 5) is 8.49. The van der Waals surface area contributed by atoms with Crippen LogP contribution in [-0.4, -0.2) is 23.1 Å². The summed E-state index contributed by atoms with van der Waals surface area (Å²) in [6.45, 7) is 10.5. The van der Waals surface area contributed by atoms with Crippen LogP contribution in [0.3, 0.4) is 0 Å². The second-order valence-electron chi connectivity index (χ2n) is 5.47. The van der Waals surface area contributed by atoms with E-state index in [1.165, 1.54) is 0 Å². The van der Waals surface area contributed by atoms with Crippen molar-refractivity contribution < 1.29 is 4.74 Å². The summed E-state index contributed by atoms with van der Waals surface area (Å²) in [7, 11) is 0. The minimum absolute atomic E-state index is 0.305. The van der Waals surface area contributed by atoms with Crippen LogP contribution in [0.2, 0.25) is 0 Å². The van der Waals surface area contributed by atoms with E-state index < -0.39 is 0 Å². The number of nitrogens with one attached hydrogen (secondary N) is 1. The molecule has 0 aromatic carbocycles. The first kappa shape index (κ1) is 14.7. The second kappa shape index (κ2) is 6.54. The van der Waals surface area contributed by atoms with Gasteiger partial charge in [-0.25, -0.2) is 9.97 Å². The molecule has 0 unspecified atom stereocenters. The minimum atomic E-state index is 0.305. The van der Waals surface area contributed by atoms with Crippen molar-refractivity contribution in [1.82, 2.24) is 9.97 Å². The predicted molar refractivity (Wildman–Crippen MR) is 74.3 cm³/mol. The van der Waals surface area contributed by atoms with Gasteiger partial charge >= 0.3 is 0 Å². The molecule has 0 atom stereocenters. The molecule has 0 radical (unpaired) electrons. The molecule has 0 amide bonds. The summed E-state index contributed by atoms with van der Waals surface area (Å²) in [5, 5.41) is 3.27. The van der Waals surface area contributed by atoms with E-state index in [9.17, 15) is 0 Å². The Bertz CT molecular complexity index is 374. The quantitative estimate of drug-likeness (QED) is 0.813. The number of hydrogen-bond acceptors (Lipinski definition) is 5. The van der Waals surface area contributed by atoms with Crippen LogP contribution in [0.15, 0.2) is 6.07 Å². The normalized spacial score (nSPS) is 11.6. The summed E-state index contributed by atoms with van der Waals surface area (Å²) >= 11 is 0. The maximum atomic E-state index is 5.74. The van der Waals surface area contributed by atoms with Crippen molar-refractivity contribution in [2.24, 2.45) is 5.41 Å². The molecule has 0 saturated carbocycles. The molecule has 0 spiro atoms. The third-order valence-electron chi connectivity index (χ3n) is 2.41. The lowest BCUT2D eigenvalue weighted by Crippen LogP contribution is -2.14. The highest BCUT2D eigenvalue weighted by Crippen LogP contribution is 2.18. The third-order valence-corrected chi connectivity index (χ3v) is 2.41. The molecule has 0 aliphatic carbocycles. The average Bonchev–Trinajstić information content (AvgIpc) is 2.24. The molecule has 0 aliphatic rings. The Hall–Kier alpha value is -1.36. The van der Waals surface area contributed by atoms with E-state index in [2.05, 4.69) is 36.1 Å². The highest BCUT2D eigenvalue weighted by Gasteiger charge is 2.09. The van der Waals surface area contributed by atoms with Crippen LogP contribution in [0, 0.1) is 5.41 Å². The summed E-state index contributed by atoms with van der Waals surface area (Å²) in [5.41, 5.74) is 6.05. The zero-order valence-electron chi connectivity index (χ0n) is 11.8. The van der Waals surface area contributed by atoms with E-state index in [-0.39, 0.29) is 0 Å². The standard InChI is InChI=1S/C13H24N4O/c1-5-18-9-12-16-10(14)8-11(17-12)15-7-6-13(2,3)4/h8H,5-7,9H2,1-4H3,(H3,14,15,16,17). The Kier molecular flexibility index (Phi) is 5.34. The zero-order valence-corrected chi connectivity index (χ0v) is 11.8. The molecule has 5 heteroatoms. The summed E-state index contributed by atoms with van der Waals surface area (Å²) < 4.78 is 5.28. The van der Waals surface area contributed by atoms with Gasteiger partial charge in [0, 0.05) is 19.2 Å². The molecule has 3 N–H and O–H groups in total. The average molecular weight is 252 g/mol. The molecule has 0 bridgehead atoms. The molecule has 1 rings (SSSR count). The highest BCUT2D eigenvalue weighted by atomic mass is 16.5. The molecule has 0 saturated heterocycles. The van der Waals surface area contributed by atoms with Gasteiger partial charge in [-0.15, -0.1) is 0 Å². The highest BCUT2D eigenvalue weighted by molar-refractivity contribution is 5.44. The van der Waals surface area contributed by atoms with Crippen LogP contribution in [-0.2, 0) is 11.3 Å². The number of nitrogens with two attached hydrogens (primary N) is 1. The molecule has 1 aromatic rings. The molecule has 0 fully saturated rings. The summed E-state index contributed by atoms with van der Waals surface area (Å²) in [6.07, 6.45) is 1.07. The lowest BCUT2D eigenvalue weighted by Gasteiger charge is -2.18. The Morgan fingerprint density at radius 3 is 2.67 bits per heavy atom. The van der Waals surface area contributed by atoms with Gasteiger partial charge in [-0.05, 0) is 18.8 Å². The van der Waals surface area contributed by atoms with Crippen LogP contribution < -0.4 is 11.1 Å². The fraction of sp³-hybridized carbons (Fsp3) is 0.692. The van der Waals surface area contributed by atoms with Gasteiger partial charge in [0.15, 0.2) is 5.82 Å². The molecule has 1 aromatic heterocycles. The number of hydrogen-bond donors (Lipinski definition) is 2. The first-order valence-electron chi connectivity index (χ1n) is 6.36. The fourth-order valence-electron chi connectivity index (χ4n) is 1.43. The van der Waals surface area contributed by atoms with Crippen molar-refractivity contribution in [2.45, 2.75) is 40.7 Å². The van der Waals surface area contributed by atoms with Gasteiger partial charge < -0.3 is 15.8 Å². The Balaban J connectivity index is 2.57. The van der Waals surface area contributed by atoms with Gasteiger partial charge in [0.1, 0.15) is 18.2 Å². The van der Waals surface area contributed by atoms with Crippen LogP contribution in [0.5, 0.6) is 0 Å². The summed E-state index contributed by atoms with van der Waals surface area (Å²) in [5.74, 6) is 1.86. The number of anilines is 2. The molecule has 102 valence electrons. The summed E-state index contributed by atoms with van der Waals surface area (Å²) in [6, 6.07) is 1.75. The fourth-order valence-corrected chi connectivity index (χ4v) is 1.43. The maximum absolute atomic E-state index is 5.74. The number of nitrogen functional groups attached to an aromatic ring is 1. The third kappa shape index (κ3) is 5.82. The Morgan fingerprint density at radius 2 is 2.06 bits per heavy atom. The molecular weight excluding hydrogens is 228 g/mol. The number of aromatic nitrogens is 2. The van der Waals surface area contributed by atoms with Crippen molar-refractivity contribution in [2.75, 3.05) is 24.2 Å². The van der Waals surface area contributed by atoms with Gasteiger partial charge in [0.2, 0.25) is 0 Å². The zero-order chi connectivity index (χ0) is 13.6. The SMILES string of the molecule is CCOCc1nc(N)cc(NCCC(C)(C)C)n1. The van der Waals surface area contributed by atoms with Gasteiger partial charge in [-0.1, -0.05) is 20.8 Å². The smallest absolute Gasteiger partial charge is 0.158 e. The lowest BCUT2D eigenvalue weighted by atomic mass is 9.92. The topological polar surface area (TPSA) is 73.1 Å². The monoisotopic (exact) mass is 252 g/mol. The van der Waals surface area contributed by atoms with E-state index in [1.54, 1.807) is 6.07 Å². The molecule has 18 heavy (non-hydrogen) atoms. The molecule has 5 nitrogen and oxygen atoms in total. The van der Waals surface area contributed by atoms with Crippen molar-refractivity contribution in [1.29, 1.82) is 0 Å². The Labute approximate surface area is 109 Å². The van der Waals surface area contributed by atoms with Gasteiger partial charge in [-0.2, -0.15) is 0 Å². The largest absolute Gasteiger partial charge is 0.384 e. The Morgan fingerprint density at radius 1 is 1.33 bits per heavy atom. The van der Waals surface area contributed by atoms with E-state index in [4.69, 9.17) is 10.5 Å². The lowest BCUT2D eigenvalue weighted by molar-refractivity contribution is 0.128.